The van der Waals surface area contributed by atoms with Crippen molar-refractivity contribution in [1.29, 1.82) is 0 Å². The normalized spacial score (nSPS) is 10.5. The molecule has 0 amide bonds. The Bertz CT molecular complexity index is 1210. The first-order valence-electron chi connectivity index (χ1n) is 11.1. The van der Waals surface area contributed by atoms with E-state index >= 15 is 0 Å². The van der Waals surface area contributed by atoms with Crippen LogP contribution in [0.3, 0.4) is 0 Å². The van der Waals surface area contributed by atoms with E-state index in [1.165, 1.54) is 25.4 Å². The number of fused-ring (bicyclic) bond motifs is 1. The van der Waals surface area contributed by atoms with Crippen LogP contribution in [0.25, 0.3) is 10.9 Å². The molecule has 3 aromatic heterocycles. The third kappa shape index (κ3) is 7.14. The summed E-state index contributed by atoms with van der Waals surface area (Å²) in [4.78, 5) is 20.6. The smallest absolute Gasteiger partial charge is 0.256 e. The van der Waals surface area contributed by atoms with Gasteiger partial charge in [-0.3, -0.25) is 9.97 Å². The zero-order valence-electron chi connectivity index (χ0n) is 19.5. The minimum atomic E-state index is -0.651. The third-order valence-corrected chi connectivity index (χ3v) is 4.78. The summed E-state index contributed by atoms with van der Waals surface area (Å²) < 4.78 is 24.6. The molecular formula is C25H28FN5O3. The van der Waals surface area contributed by atoms with E-state index in [0.29, 0.717) is 5.75 Å². The Morgan fingerprint density at radius 1 is 0.941 bits per heavy atom. The number of aliphatic hydroxyl groups excluding tert-OH is 1. The van der Waals surface area contributed by atoms with Crippen LogP contribution in [0.4, 0.5) is 4.39 Å². The highest BCUT2D eigenvalue weighted by molar-refractivity contribution is 5.82. The highest BCUT2D eigenvalue weighted by atomic mass is 19.1. The summed E-state index contributed by atoms with van der Waals surface area (Å²) >= 11 is 0. The molecule has 4 aromatic rings. The number of rotatable bonds is 8. The average Bonchev–Trinajstić information content (AvgIpc) is 2.85. The number of nitrogens with zero attached hydrogens (tertiary/aromatic N) is 5. The number of halogens is 1. The van der Waals surface area contributed by atoms with Crippen LogP contribution < -0.4 is 9.47 Å². The molecule has 0 atom stereocenters. The Morgan fingerprint density at radius 2 is 1.79 bits per heavy atom. The van der Waals surface area contributed by atoms with Gasteiger partial charge < -0.3 is 14.6 Å². The van der Waals surface area contributed by atoms with Crippen LogP contribution in [0.5, 0.6) is 17.4 Å². The van der Waals surface area contributed by atoms with Gasteiger partial charge in [-0.2, -0.15) is 0 Å². The lowest BCUT2D eigenvalue weighted by Gasteiger charge is -2.09. The highest BCUT2D eigenvalue weighted by Gasteiger charge is 2.10. The number of aromatic nitrogens is 5. The quantitative estimate of drug-likeness (QED) is 0.397. The van der Waals surface area contributed by atoms with E-state index in [4.69, 9.17) is 14.6 Å². The van der Waals surface area contributed by atoms with Gasteiger partial charge in [0.05, 0.1) is 29.7 Å². The Balaban J connectivity index is 0.000000248. The summed E-state index contributed by atoms with van der Waals surface area (Å²) in [6.45, 7) is 5.92. The van der Waals surface area contributed by atoms with E-state index in [1.54, 1.807) is 18.2 Å². The maximum Gasteiger partial charge on any atom is 0.256 e. The monoisotopic (exact) mass is 465 g/mol. The van der Waals surface area contributed by atoms with Crippen molar-refractivity contribution in [2.75, 3.05) is 13.2 Å². The number of ether oxygens (including phenoxy) is 2. The van der Waals surface area contributed by atoms with E-state index < -0.39 is 5.82 Å². The minimum absolute atomic E-state index is 0.0747. The van der Waals surface area contributed by atoms with Gasteiger partial charge in [0.25, 0.3) is 5.88 Å². The molecule has 0 aliphatic heterocycles. The van der Waals surface area contributed by atoms with Gasteiger partial charge in [-0.25, -0.2) is 19.3 Å². The molecule has 0 spiro atoms. The van der Waals surface area contributed by atoms with Gasteiger partial charge in [-0.15, -0.1) is 0 Å². The SMILES string of the molecule is CCCCc1cnc(C)cn1.Cc1ncnc2ccc(Oc3ncc(OCCO)cc3F)cc12. The standard InChI is InChI=1S/C16H14FN3O3.C9H14N2/c1-10-13-6-11(2-3-15(13)20-9-19-10)23-16-14(17)7-12(8-18-16)22-5-4-21;1-3-4-5-9-7-10-8(2)6-11-9/h2-3,6-9,21H,4-5H2,1H3;6-7H,3-5H2,1-2H3. The van der Waals surface area contributed by atoms with Crippen molar-refractivity contribution in [2.45, 2.75) is 40.0 Å². The molecule has 1 aromatic carbocycles. The Kier molecular flexibility index (Phi) is 9.16. The summed E-state index contributed by atoms with van der Waals surface area (Å²) in [7, 11) is 0. The van der Waals surface area contributed by atoms with E-state index in [-0.39, 0.29) is 24.8 Å². The van der Waals surface area contributed by atoms with Crippen LogP contribution in [0.2, 0.25) is 0 Å². The van der Waals surface area contributed by atoms with E-state index in [1.807, 2.05) is 26.2 Å². The van der Waals surface area contributed by atoms with Gasteiger partial charge in [0.15, 0.2) is 5.82 Å². The minimum Gasteiger partial charge on any atom is -0.489 e. The van der Waals surface area contributed by atoms with E-state index in [2.05, 4.69) is 31.8 Å². The summed E-state index contributed by atoms with van der Waals surface area (Å²) in [5, 5.41) is 9.51. The first-order chi connectivity index (χ1) is 16.5. The van der Waals surface area contributed by atoms with Crippen molar-refractivity contribution in [3.8, 4) is 17.4 Å². The van der Waals surface area contributed by atoms with Gasteiger partial charge in [0.1, 0.15) is 24.4 Å². The molecule has 0 radical (unpaired) electrons. The molecular weight excluding hydrogens is 437 g/mol. The summed E-state index contributed by atoms with van der Waals surface area (Å²) in [5.41, 5.74) is 3.69. The average molecular weight is 466 g/mol. The van der Waals surface area contributed by atoms with Crippen molar-refractivity contribution < 1.29 is 19.0 Å². The maximum absolute atomic E-state index is 14.0. The zero-order valence-corrected chi connectivity index (χ0v) is 19.5. The topological polar surface area (TPSA) is 103 Å². The summed E-state index contributed by atoms with van der Waals surface area (Å²) in [6.07, 6.45) is 10.0. The Morgan fingerprint density at radius 3 is 2.50 bits per heavy atom. The van der Waals surface area contributed by atoms with Gasteiger partial charge in [0, 0.05) is 29.5 Å². The van der Waals surface area contributed by atoms with Crippen molar-refractivity contribution in [1.82, 2.24) is 24.9 Å². The van der Waals surface area contributed by atoms with Crippen molar-refractivity contribution in [3.63, 3.8) is 0 Å². The molecule has 0 unspecified atom stereocenters. The van der Waals surface area contributed by atoms with Gasteiger partial charge in [-0.1, -0.05) is 13.3 Å². The molecule has 0 fully saturated rings. The molecule has 0 aliphatic carbocycles. The fourth-order valence-corrected chi connectivity index (χ4v) is 2.97. The van der Waals surface area contributed by atoms with Gasteiger partial charge in [-0.05, 0) is 44.9 Å². The summed E-state index contributed by atoms with van der Waals surface area (Å²) in [5.74, 6) is -0.144. The molecule has 0 saturated carbocycles. The number of benzene rings is 1. The number of aryl methyl sites for hydroxylation is 3. The van der Waals surface area contributed by atoms with Crippen LogP contribution in [0.15, 0.2) is 49.2 Å². The van der Waals surface area contributed by atoms with Gasteiger partial charge >= 0.3 is 0 Å². The van der Waals surface area contributed by atoms with Crippen molar-refractivity contribution in [2.24, 2.45) is 0 Å². The lowest BCUT2D eigenvalue weighted by molar-refractivity contribution is 0.200. The fourth-order valence-electron chi connectivity index (χ4n) is 2.97. The Labute approximate surface area is 197 Å². The van der Waals surface area contributed by atoms with Crippen LogP contribution in [-0.4, -0.2) is 43.2 Å². The lowest BCUT2D eigenvalue weighted by Crippen LogP contribution is -2.02. The van der Waals surface area contributed by atoms with Crippen LogP contribution in [0.1, 0.15) is 36.8 Å². The highest BCUT2D eigenvalue weighted by Crippen LogP contribution is 2.27. The second-order valence-electron chi connectivity index (χ2n) is 7.52. The Hall–Kier alpha value is -3.72. The second kappa shape index (κ2) is 12.5. The maximum atomic E-state index is 14.0. The molecule has 0 saturated heterocycles. The van der Waals surface area contributed by atoms with Crippen molar-refractivity contribution >= 4 is 10.9 Å². The number of aliphatic hydroxyl groups is 1. The molecule has 0 aliphatic rings. The number of hydrogen-bond acceptors (Lipinski definition) is 8. The molecule has 4 rings (SSSR count). The first-order valence-corrected chi connectivity index (χ1v) is 11.1. The molecule has 9 heteroatoms. The largest absolute Gasteiger partial charge is 0.489 e. The van der Waals surface area contributed by atoms with Crippen LogP contribution in [0, 0.1) is 19.7 Å². The molecule has 34 heavy (non-hydrogen) atoms. The first kappa shape index (κ1) is 24.9. The van der Waals surface area contributed by atoms with Crippen molar-refractivity contribution in [3.05, 3.63) is 72.1 Å². The molecule has 3 heterocycles. The molecule has 178 valence electrons. The van der Waals surface area contributed by atoms with Crippen LogP contribution in [-0.2, 0) is 6.42 Å². The predicted octanol–water partition coefficient (Wildman–Crippen LogP) is 4.76. The molecule has 1 N–H and O–H groups in total. The van der Waals surface area contributed by atoms with Crippen LogP contribution >= 0.6 is 0 Å². The van der Waals surface area contributed by atoms with E-state index in [9.17, 15) is 4.39 Å². The van der Waals surface area contributed by atoms with E-state index in [0.717, 1.165) is 40.5 Å². The van der Waals surface area contributed by atoms with Gasteiger partial charge in [0.2, 0.25) is 0 Å². The number of pyridine rings is 1. The third-order valence-electron chi connectivity index (χ3n) is 4.78. The second-order valence-corrected chi connectivity index (χ2v) is 7.52. The lowest BCUT2D eigenvalue weighted by atomic mass is 10.2. The molecule has 8 nitrogen and oxygen atoms in total. The fraction of sp³-hybridized carbons (Fsp3) is 0.320. The number of unbranched alkanes of at least 4 members (excludes halogenated alkanes) is 1. The molecule has 0 bridgehead atoms. The zero-order chi connectivity index (χ0) is 24.3. The predicted molar refractivity (Wildman–Crippen MR) is 127 cm³/mol. The summed E-state index contributed by atoms with van der Waals surface area (Å²) in [6, 6.07) is 6.36. The number of hydrogen-bond donors (Lipinski definition) is 1.